The van der Waals surface area contributed by atoms with Gasteiger partial charge < -0.3 is 9.52 Å². The molecule has 0 unspecified atom stereocenters. The minimum Gasteiger partial charge on any atom is -0.508 e. The van der Waals surface area contributed by atoms with E-state index in [4.69, 9.17) is 5.11 Å². The number of phenolic OH excluding ortho intramolecular Hbond substituents is 1. The monoisotopic (exact) mass is 190 g/mol. The van der Waals surface area contributed by atoms with Crippen molar-refractivity contribution >= 4 is 6.29 Å². The summed E-state index contributed by atoms with van der Waals surface area (Å²) in [6, 6.07) is 12.0. The Morgan fingerprint density at radius 3 is 2.07 bits per heavy atom. The Balaban J connectivity index is 0.000000140. The van der Waals surface area contributed by atoms with Gasteiger partial charge in [0.2, 0.25) is 0 Å². The van der Waals surface area contributed by atoms with Crippen LogP contribution in [0.1, 0.15) is 10.6 Å². The van der Waals surface area contributed by atoms with Gasteiger partial charge in [0.15, 0.2) is 12.0 Å². The number of rotatable bonds is 1. The molecule has 2 rings (SSSR count). The largest absolute Gasteiger partial charge is 0.508 e. The van der Waals surface area contributed by atoms with E-state index in [1.807, 2.05) is 6.07 Å². The highest BCUT2D eigenvalue weighted by Gasteiger charge is 1.84. The second-order valence-electron chi connectivity index (χ2n) is 2.47. The summed E-state index contributed by atoms with van der Waals surface area (Å²) in [6.07, 6.45) is 2.13. The minimum atomic E-state index is 0.322. The summed E-state index contributed by atoms with van der Waals surface area (Å²) in [5.41, 5.74) is 0. The second kappa shape index (κ2) is 5.59. The van der Waals surface area contributed by atoms with Crippen LogP contribution in [0, 0.1) is 0 Å². The Labute approximate surface area is 81.6 Å². The molecule has 0 fully saturated rings. The number of aromatic hydroxyl groups is 1. The standard InChI is InChI=1S/C6H6O.C5H4O2/c7-6-4-2-1-3-5-6;6-4-5-2-1-3-7-5/h1-5,7H;1-4H. The molecule has 3 nitrogen and oxygen atoms in total. The summed E-state index contributed by atoms with van der Waals surface area (Å²) in [5, 5.41) is 8.63. The summed E-state index contributed by atoms with van der Waals surface area (Å²) in [6.45, 7) is 0. The van der Waals surface area contributed by atoms with E-state index in [1.165, 1.54) is 6.26 Å². The van der Waals surface area contributed by atoms with Crippen molar-refractivity contribution in [1.82, 2.24) is 0 Å². The Kier molecular flexibility index (Phi) is 4.01. The molecular weight excluding hydrogens is 180 g/mol. The molecule has 0 radical (unpaired) electrons. The van der Waals surface area contributed by atoms with E-state index in [1.54, 1.807) is 36.4 Å². The van der Waals surface area contributed by atoms with E-state index in [2.05, 4.69) is 4.42 Å². The lowest BCUT2D eigenvalue weighted by Crippen LogP contribution is -1.65. The number of furan rings is 1. The lowest BCUT2D eigenvalue weighted by Gasteiger charge is -1.82. The third kappa shape index (κ3) is 3.58. The summed E-state index contributed by atoms with van der Waals surface area (Å²) in [4.78, 5) is 9.77. The molecule has 0 saturated heterocycles. The molecule has 0 atom stereocenters. The zero-order chi connectivity index (χ0) is 10.2. The number of aldehydes is 1. The highest BCUT2D eigenvalue weighted by molar-refractivity contribution is 5.69. The van der Waals surface area contributed by atoms with Crippen LogP contribution in [0.3, 0.4) is 0 Å². The first-order chi connectivity index (χ1) is 6.83. The maximum Gasteiger partial charge on any atom is 0.185 e. The van der Waals surface area contributed by atoms with Crippen LogP contribution in [0.5, 0.6) is 5.75 Å². The Morgan fingerprint density at radius 1 is 1.07 bits per heavy atom. The normalized spacial score (nSPS) is 8.57. The maximum atomic E-state index is 9.77. The van der Waals surface area contributed by atoms with Crippen molar-refractivity contribution in [3.05, 3.63) is 54.5 Å². The minimum absolute atomic E-state index is 0.322. The SMILES string of the molecule is O=Cc1ccco1.Oc1ccccc1. The lowest BCUT2D eigenvalue weighted by molar-refractivity contribution is 0.110. The summed E-state index contributed by atoms with van der Waals surface area (Å²) < 4.78 is 4.61. The van der Waals surface area contributed by atoms with Crippen LogP contribution >= 0.6 is 0 Å². The van der Waals surface area contributed by atoms with E-state index >= 15 is 0 Å². The Bertz CT molecular complexity index is 351. The average molecular weight is 190 g/mol. The molecule has 1 aromatic heterocycles. The van der Waals surface area contributed by atoms with Gasteiger partial charge in [0, 0.05) is 0 Å². The van der Waals surface area contributed by atoms with Crippen LogP contribution in [-0.2, 0) is 0 Å². The van der Waals surface area contributed by atoms with Crippen LogP contribution in [0.2, 0.25) is 0 Å². The lowest BCUT2D eigenvalue weighted by atomic mass is 10.3. The molecule has 2 aromatic rings. The van der Waals surface area contributed by atoms with E-state index in [9.17, 15) is 4.79 Å². The first-order valence-corrected chi connectivity index (χ1v) is 4.05. The maximum absolute atomic E-state index is 9.77. The van der Waals surface area contributed by atoms with Gasteiger partial charge in [-0.2, -0.15) is 0 Å². The van der Waals surface area contributed by atoms with Gasteiger partial charge in [-0.25, -0.2) is 0 Å². The van der Waals surface area contributed by atoms with E-state index in [0.29, 0.717) is 17.8 Å². The van der Waals surface area contributed by atoms with Gasteiger partial charge in [0.25, 0.3) is 0 Å². The number of carbonyl (C=O) groups is 1. The van der Waals surface area contributed by atoms with Gasteiger partial charge >= 0.3 is 0 Å². The molecule has 1 heterocycles. The van der Waals surface area contributed by atoms with E-state index < -0.39 is 0 Å². The fourth-order valence-electron chi connectivity index (χ4n) is 0.786. The number of hydrogen-bond donors (Lipinski definition) is 1. The predicted octanol–water partition coefficient (Wildman–Crippen LogP) is 2.48. The molecule has 0 bridgehead atoms. The molecule has 1 aromatic carbocycles. The van der Waals surface area contributed by atoms with Gasteiger partial charge in [0.05, 0.1) is 6.26 Å². The first kappa shape index (κ1) is 10.1. The van der Waals surface area contributed by atoms with Gasteiger partial charge in [-0.15, -0.1) is 0 Å². The topological polar surface area (TPSA) is 50.4 Å². The Hall–Kier alpha value is -2.03. The molecule has 0 amide bonds. The molecule has 14 heavy (non-hydrogen) atoms. The van der Waals surface area contributed by atoms with Crippen LogP contribution < -0.4 is 0 Å². The van der Waals surface area contributed by atoms with Crippen molar-refractivity contribution in [2.24, 2.45) is 0 Å². The predicted molar refractivity (Wildman–Crippen MR) is 52.2 cm³/mol. The molecule has 3 heteroatoms. The molecule has 0 aliphatic rings. The van der Waals surface area contributed by atoms with Crippen molar-refractivity contribution in [2.75, 3.05) is 0 Å². The molecule has 0 spiro atoms. The molecule has 1 N–H and O–H groups in total. The van der Waals surface area contributed by atoms with Crippen LogP contribution in [0.25, 0.3) is 0 Å². The second-order valence-corrected chi connectivity index (χ2v) is 2.47. The third-order valence-corrected chi connectivity index (χ3v) is 1.42. The first-order valence-electron chi connectivity index (χ1n) is 4.05. The summed E-state index contributed by atoms with van der Waals surface area (Å²) in [5.74, 6) is 0.697. The van der Waals surface area contributed by atoms with Crippen molar-refractivity contribution in [1.29, 1.82) is 0 Å². The van der Waals surface area contributed by atoms with Gasteiger partial charge in [0.1, 0.15) is 5.75 Å². The zero-order valence-electron chi connectivity index (χ0n) is 7.46. The van der Waals surface area contributed by atoms with Crippen molar-refractivity contribution in [2.45, 2.75) is 0 Å². The number of benzene rings is 1. The molecule has 0 saturated carbocycles. The number of carbonyl (C=O) groups excluding carboxylic acids is 1. The third-order valence-electron chi connectivity index (χ3n) is 1.42. The van der Waals surface area contributed by atoms with E-state index in [-0.39, 0.29) is 0 Å². The summed E-state index contributed by atoms with van der Waals surface area (Å²) >= 11 is 0. The number of phenols is 1. The van der Waals surface area contributed by atoms with Crippen LogP contribution in [0.15, 0.2) is 53.1 Å². The van der Waals surface area contributed by atoms with Crippen LogP contribution in [-0.4, -0.2) is 11.4 Å². The number of para-hydroxylation sites is 1. The van der Waals surface area contributed by atoms with Crippen LogP contribution in [0.4, 0.5) is 0 Å². The molecule has 72 valence electrons. The average Bonchev–Trinajstić information content (AvgIpc) is 2.72. The van der Waals surface area contributed by atoms with E-state index in [0.717, 1.165) is 0 Å². The van der Waals surface area contributed by atoms with Gasteiger partial charge in [-0.05, 0) is 24.3 Å². The highest BCUT2D eigenvalue weighted by atomic mass is 16.3. The molecule has 0 aliphatic heterocycles. The quantitative estimate of drug-likeness (QED) is 0.703. The van der Waals surface area contributed by atoms with Gasteiger partial charge in [-0.3, -0.25) is 4.79 Å². The fourth-order valence-corrected chi connectivity index (χ4v) is 0.786. The van der Waals surface area contributed by atoms with Crippen molar-refractivity contribution in [3.8, 4) is 5.75 Å². The smallest absolute Gasteiger partial charge is 0.185 e. The Morgan fingerprint density at radius 2 is 1.79 bits per heavy atom. The summed E-state index contributed by atoms with van der Waals surface area (Å²) in [7, 11) is 0. The zero-order valence-corrected chi connectivity index (χ0v) is 7.46. The van der Waals surface area contributed by atoms with Gasteiger partial charge in [-0.1, -0.05) is 18.2 Å². The molecule has 0 aliphatic carbocycles. The number of hydrogen-bond acceptors (Lipinski definition) is 3. The van der Waals surface area contributed by atoms with Crippen molar-refractivity contribution < 1.29 is 14.3 Å². The fraction of sp³-hybridized carbons (Fsp3) is 0. The van der Waals surface area contributed by atoms with Crippen molar-refractivity contribution in [3.63, 3.8) is 0 Å². The highest BCUT2D eigenvalue weighted by Crippen LogP contribution is 2.02. The molecular formula is C11H10O3.